The zero-order chi connectivity index (χ0) is 18.8. The largest absolute Gasteiger partial charge is 0.416 e. The Morgan fingerprint density at radius 1 is 1.27 bits per heavy atom. The summed E-state index contributed by atoms with van der Waals surface area (Å²) in [6, 6.07) is 2.59. The Hall–Kier alpha value is -2.62. The lowest BCUT2D eigenvalue weighted by Gasteiger charge is -2.24. The first-order valence-electron chi connectivity index (χ1n) is 7.61. The van der Waals surface area contributed by atoms with Crippen LogP contribution >= 0.6 is 11.8 Å². The summed E-state index contributed by atoms with van der Waals surface area (Å²) in [5, 5.41) is 7.86. The van der Waals surface area contributed by atoms with Gasteiger partial charge in [0.05, 0.1) is 5.92 Å². The van der Waals surface area contributed by atoms with Gasteiger partial charge in [0.1, 0.15) is 11.6 Å². The lowest BCUT2D eigenvalue weighted by molar-refractivity contribution is -0.129. The fourth-order valence-corrected chi connectivity index (χ4v) is 3.15. The zero-order valence-corrected chi connectivity index (χ0v) is 14.7. The highest BCUT2D eigenvalue weighted by Gasteiger charge is 2.34. The summed E-state index contributed by atoms with van der Waals surface area (Å²) < 4.78 is 32.2. The van der Waals surface area contributed by atoms with Crippen LogP contribution in [0, 0.1) is 17.6 Å². The number of carbonyl (C=O) groups excluding carboxylic acids is 2. The summed E-state index contributed by atoms with van der Waals surface area (Å²) in [7, 11) is 1.36. The van der Waals surface area contributed by atoms with E-state index in [1.54, 1.807) is 6.92 Å². The molecular formula is C16H14F2N4O3S. The number of nitrogens with zero attached hydrogens (tertiary/aromatic N) is 4. The van der Waals surface area contributed by atoms with E-state index in [0.717, 1.165) is 34.9 Å². The minimum atomic E-state index is -0.656. The molecule has 0 fully saturated rings. The molecule has 0 N–H and O–H groups in total. The Balaban J connectivity index is 1.67. The normalized spacial score (nSPS) is 17.6. The van der Waals surface area contributed by atoms with Crippen LogP contribution in [0.25, 0.3) is 0 Å². The predicted octanol–water partition coefficient (Wildman–Crippen LogP) is 2.85. The highest BCUT2D eigenvalue weighted by atomic mass is 32.2. The predicted molar refractivity (Wildman–Crippen MR) is 88.7 cm³/mol. The van der Waals surface area contributed by atoms with Gasteiger partial charge in [0, 0.05) is 30.5 Å². The van der Waals surface area contributed by atoms with Crippen LogP contribution in [-0.2, 0) is 17.0 Å². The molecule has 0 spiro atoms. The molecule has 0 saturated carbocycles. The maximum Gasteiger partial charge on any atom is 0.349 e. The van der Waals surface area contributed by atoms with Gasteiger partial charge < -0.3 is 4.42 Å². The van der Waals surface area contributed by atoms with Crippen LogP contribution in [0.5, 0.6) is 0 Å². The van der Waals surface area contributed by atoms with Crippen molar-refractivity contribution in [2.24, 2.45) is 10.9 Å². The van der Waals surface area contributed by atoms with E-state index in [-0.39, 0.29) is 28.9 Å². The minimum absolute atomic E-state index is 0.105. The molecular weight excluding hydrogens is 366 g/mol. The number of aliphatic imine (C=N–C) groups is 1. The van der Waals surface area contributed by atoms with E-state index in [0.29, 0.717) is 5.71 Å². The first-order valence-corrected chi connectivity index (χ1v) is 8.59. The highest BCUT2D eigenvalue weighted by Crippen LogP contribution is 2.25. The average Bonchev–Trinajstić information content (AvgIpc) is 3.05. The van der Waals surface area contributed by atoms with Crippen molar-refractivity contribution in [2.75, 3.05) is 7.05 Å². The van der Waals surface area contributed by atoms with Crippen molar-refractivity contribution >= 4 is 29.4 Å². The summed E-state index contributed by atoms with van der Waals surface area (Å²) in [4.78, 5) is 28.4. The molecule has 2 heterocycles. The van der Waals surface area contributed by atoms with Gasteiger partial charge in [0.25, 0.3) is 5.22 Å². The number of hydrogen-bond donors (Lipinski definition) is 0. The van der Waals surface area contributed by atoms with Crippen molar-refractivity contribution in [1.82, 2.24) is 15.1 Å². The molecule has 0 aliphatic carbocycles. The minimum Gasteiger partial charge on any atom is -0.416 e. The van der Waals surface area contributed by atoms with Crippen molar-refractivity contribution in [2.45, 2.75) is 24.3 Å². The second-order valence-electron chi connectivity index (χ2n) is 5.68. The molecule has 1 aliphatic rings. The smallest absolute Gasteiger partial charge is 0.349 e. The Morgan fingerprint density at radius 3 is 2.81 bits per heavy atom. The summed E-state index contributed by atoms with van der Waals surface area (Å²) in [5.41, 5.74) is 0.563. The number of benzene rings is 1. The third-order valence-corrected chi connectivity index (χ3v) is 4.75. The zero-order valence-electron chi connectivity index (χ0n) is 13.9. The van der Waals surface area contributed by atoms with Crippen molar-refractivity contribution < 1.29 is 22.8 Å². The highest BCUT2D eigenvalue weighted by molar-refractivity contribution is 7.98. The van der Waals surface area contributed by atoms with Gasteiger partial charge >= 0.3 is 6.03 Å². The van der Waals surface area contributed by atoms with E-state index in [2.05, 4.69) is 15.2 Å². The average molecular weight is 380 g/mol. The third kappa shape index (κ3) is 3.79. The molecule has 0 bridgehead atoms. The topological polar surface area (TPSA) is 88.7 Å². The molecule has 1 aromatic heterocycles. The molecule has 26 heavy (non-hydrogen) atoms. The van der Waals surface area contributed by atoms with Gasteiger partial charge in [-0.25, -0.2) is 18.6 Å². The molecule has 10 heteroatoms. The Morgan fingerprint density at radius 2 is 2.04 bits per heavy atom. The molecule has 1 aliphatic heterocycles. The SMILES string of the molecule is CC1=NC(=O)N(C)C(=O)C1Cc1nnc(SCc2cc(F)ccc2F)o1. The number of amides is 3. The van der Waals surface area contributed by atoms with Crippen LogP contribution in [0.4, 0.5) is 13.6 Å². The molecule has 0 radical (unpaired) electrons. The van der Waals surface area contributed by atoms with Crippen LogP contribution in [0.2, 0.25) is 0 Å². The van der Waals surface area contributed by atoms with Gasteiger partial charge in [-0.15, -0.1) is 10.2 Å². The van der Waals surface area contributed by atoms with Gasteiger partial charge in [0.2, 0.25) is 11.8 Å². The third-order valence-electron chi connectivity index (χ3n) is 3.88. The monoisotopic (exact) mass is 380 g/mol. The molecule has 1 aromatic carbocycles. The van der Waals surface area contributed by atoms with Crippen molar-refractivity contribution in [3.05, 3.63) is 41.3 Å². The van der Waals surface area contributed by atoms with Crippen LogP contribution in [0.3, 0.4) is 0 Å². The van der Waals surface area contributed by atoms with E-state index in [9.17, 15) is 18.4 Å². The van der Waals surface area contributed by atoms with Crippen LogP contribution in [0.15, 0.2) is 32.8 Å². The lowest BCUT2D eigenvalue weighted by Crippen LogP contribution is -2.44. The van der Waals surface area contributed by atoms with Gasteiger partial charge in [-0.2, -0.15) is 0 Å². The lowest BCUT2D eigenvalue weighted by atomic mass is 9.97. The van der Waals surface area contributed by atoms with E-state index >= 15 is 0 Å². The molecule has 3 amide bonds. The second-order valence-corrected chi connectivity index (χ2v) is 6.60. The first kappa shape index (κ1) is 18.2. The number of hydrogen-bond acceptors (Lipinski definition) is 6. The van der Waals surface area contributed by atoms with Gasteiger partial charge in [-0.3, -0.25) is 9.69 Å². The Kier molecular flexibility index (Phi) is 5.12. The molecule has 136 valence electrons. The van der Waals surface area contributed by atoms with E-state index in [1.165, 1.54) is 7.05 Å². The second kappa shape index (κ2) is 7.32. The molecule has 2 aromatic rings. The molecule has 7 nitrogen and oxygen atoms in total. The van der Waals surface area contributed by atoms with Crippen molar-refractivity contribution in [3.8, 4) is 0 Å². The van der Waals surface area contributed by atoms with Gasteiger partial charge in [-0.1, -0.05) is 11.8 Å². The van der Waals surface area contributed by atoms with Gasteiger partial charge in [0.15, 0.2) is 0 Å². The standard InChI is InChI=1S/C16H14F2N4O3S/c1-8-11(14(23)22(2)15(24)19-8)6-13-20-21-16(25-13)26-7-9-5-10(17)3-4-12(9)18/h3-5,11H,6-7H2,1-2H3. The van der Waals surface area contributed by atoms with Crippen LogP contribution in [-0.4, -0.2) is 39.8 Å². The number of aromatic nitrogens is 2. The Bertz CT molecular complexity index is 899. The maximum absolute atomic E-state index is 13.6. The summed E-state index contributed by atoms with van der Waals surface area (Å²) in [5.74, 6) is -1.79. The number of carbonyl (C=O) groups is 2. The molecule has 1 atom stereocenters. The number of imide groups is 1. The van der Waals surface area contributed by atoms with E-state index in [1.807, 2.05) is 0 Å². The van der Waals surface area contributed by atoms with E-state index < -0.39 is 29.5 Å². The number of rotatable bonds is 5. The summed E-state index contributed by atoms with van der Waals surface area (Å²) in [6.45, 7) is 1.59. The fourth-order valence-electron chi connectivity index (χ4n) is 2.39. The van der Waals surface area contributed by atoms with Crippen molar-refractivity contribution in [1.29, 1.82) is 0 Å². The van der Waals surface area contributed by atoms with Crippen LogP contribution in [0.1, 0.15) is 18.4 Å². The molecule has 0 saturated heterocycles. The molecule has 3 rings (SSSR count). The quantitative estimate of drug-likeness (QED) is 0.741. The fraction of sp³-hybridized carbons (Fsp3) is 0.312. The maximum atomic E-state index is 13.6. The summed E-state index contributed by atoms with van der Waals surface area (Å²) >= 11 is 1.06. The number of urea groups is 1. The first-order chi connectivity index (χ1) is 12.3. The summed E-state index contributed by atoms with van der Waals surface area (Å²) in [6.07, 6.45) is 0.105. The van der Waals surface area contributed by atoms with Crippen molar-refractivity contribution in [3.63, 3.8) is 0 Å². The van der Waals surface area contributed by atoms with Gasteiger partial charge in [-0.05, 0) is 25.1 Å². The Labute approximate surface area is 151 Å². The molecule has 1 unspecified atom stereocenters. The number of halogens is 2. The van der Waals surface area contributed by atoms with E-state index in [4.69, 9.17) is 4.42 Å². The number of thioether (sulfide) groups is 1. The van der Waals surface area contributed by atoms with Crippen LogP contribution < -0.4 is 0 Å².